The zero-order valence-electron chi connectivity index (χ0n) is 16.8. The molecular formula is C20H40N4O. The van der Waals surface area contributed by atoms with Gasteiger partial charge in [-0.1, -0.05) is 20.3 Å². The molecule has 0 bridgehead atoms. The lowest BCUT2D eigenvalue weighted by Gasteiger charge is -2.42. The zero-order chi connectivity index (χ0) is 18.1. The highest BCUT2D eigenvalue weighted by atomic mass is 16.3. The topological polar surface area (TPSA) is 51.1 Å². The molecule has 0 aliphatic carbocycles. The number of aliphatic hydroxyl groups is 1. The summed E-state index contributed by atoms with van der Waals surface area (Å²) in [5.41, 5.74) is 0.442. The fraction of sp³-hybridized carbons (Fsp3) is 0.950. The summed E-state index contributed by atoms with van der Waals surface area (Å²) in [6.45, 7) is 14.2. The molecule has 2 fully saturated rings. The molecule has 146 valence electrons. The van der Waals surface area contributed by atoms with E-state index in [2.05, 4.69) is 35.9 Å². The second-order valence-corrected chi connectivity index (χ2v) is 8.25. The molecule has 0 radical (unpaired) electrons. The van der Waals surface area contributed by atoms with Crippen molar-refractivity contribution < 1.29 is 5.11 Å². The Balaban J connectivity index is 1.81. The number of likely N-dealkylation sites (tertiary alicyclic amines) is 2. The highest BCUT2D eigenvalue weighted by Crippen LogP contribution is 2.33. The highest BCUT2D eigenvalue weighted by molar-refractivity contribution is 5.80. The van der Waals surface area contributed by atoms with E-state index < -0.39 is 0 Å². The first-order valence-corrected chi connectivity index (χ1v) is 10.5. The minimum Gasteiger partial charge on any atom is -0.393 e. The van der Waals surface area contributed by atoms with E-state index in [0.717, 1.165) is 71.0 Å². The van der Waals surface area contributed by atoms with Crippen molar-refractivity contribution in [2.24, 2.45) is 10.4 Å². The first kappa shape index (κ1) is 20.5. The molecule has 0 spiro atoms. The predicted octanol–water partition coefficient (Wildman–Crippen LogP) is 2.70. The first-order valence-electron chi connectivity index (χ1n) is 10.5. The van der Waals surface area contributed by atoms with E-state index in [9.17, 15) is 5.11 Å². The normalized spacial score (nSPS) is 26.9. The number of nitrogens with one attached hydrogen (secondary N) is 1. The lowest BCUT2D eigenvalue weighted by Crippen LogP contribution is -2.49. The molecule has 1 atom stereocenters. The van der Waals surface area contributed by atoms with Gasteiger partial charge < -0.3 is 20.2 Å². The third kappa shape index (κ3) is 6.78. The molecule has 2 rings (SSSR count). The van der Waals surface area contributed by atoms with Gasteiger partial charge in [0.15, 0.2) is 5.96 Å². The Morgan fingerprint density at radius 2 is 2.00 bits per heavy atom. The smallest absolute Gasteiger partial charge is 0.193 e. The van der Waals surface area contributed by atoms with Gasteiger partial charge in [-0.2, -0.15) is 0 Å². The van der Waals surface area contributed by atoms with Crippen LogP contribution in [0.15, 0.2) is 4.99 Å². The highest BCUT2D eigenvalue weighted by Gasteiger charge is 2.31. The van der Waals surface area contributed by atoms with E-state index in [-0.39, 0.29) is 6.10 Å². The van der Waals surface area contributed by atoms with Crippen LogP contribution in [0.3, 0.4) is 0 Å². The summed E-state index contributed by atoms with van der Waals surface area (Å²) < 4.78 is 0. The summed E-state index contributed by atoms with van der Waals surface area (Å²) in [5.74, 6) is 1.11. The van der Waals surface area contributed by atoms with Gasteiger partial charge in [0.2, 0.25) is 0 Å². The number of hydrogen-bond acceptors (Lipinski definition) is 3. The van der Waals surface area contributed by atoms with Crippen molar-refractivity contribution in [3.05, 3.63) is 0 Å². The van der Waals surface area contributed by atoms with Crippen LogP contribution in [0.4, 0.5) is 0 Å². The molecule has 5 heteroatoms. The lowest BCUT2D eigenvalue weighted by molar-refractivity contribution is 0.0824. The molecule has 25 heavy (non-hydrogen) atoms. The monoisotopic (exact) mass is 352 g/mol. The Hall–Kier alpha value is -0.810. The van der Waals surface area contributed by atoms with Gasteiger partial charge in [0, 0.05) is 39.3 Å². The molecule has 2 N–H and O–H groups in total. The average Bonchev–Trinajstić information content (AvgIpc) is 2.59. The third-order valence-electron chi connectivity index (χ3n) is 5.72. The van der Waals surface area contributed by atoms with Gasteiger partial charge in [-0.15, -0.1) is 0 Å². The summed E-state index contributed by atoms with van der Waals surface area (Å²) in [7, 11) is 0. The number of hydrogen-bond donors (Lipinski definition) is 2. The SMILES string of the molecule is CCCC1(C)CCCN(C(=NCCCN2CCC(O)CC2)NCC)C1. The molecule has 0 saturated carbocycles. The summed E-state index contributed by atoms with van der Waals surface area (Å²) in [6, 6.07) is 0. The van der Waals surface area contributed by atoms with E-state index in [1.807, 2.05) is 0 Å². The second kappa shape index (κ2) is 10.4. The molecule has 0 amide bonds. The lowest BCUT2D eigenvalue weighted by atomic mass is 9.78. The molecule has 0 aromatic carbocycles. The Labute approximate surface area is 154 Å². The standard InChI is InChI=1S/C20H40N4O/c1-4-10-20(3)11-6-14-24(17-20)19(21-5-2)22-12-7-13-23-15-8-18(25)9-16-23/h18,25H,4-17H2,1-3H3,(H,21,22). The van der Waals surface area contributed by atoms with E-state index >= 15 is 0 Å². The minimum absolute atomic E-state index is 0.0776. The van der Waals surface area contributed by atoms with Crippen molar-refractivity contribution >= 4 is 5.96 Å². The maximum Gasteiger partial charge on any atom is 0.193 e. The third-order valence-corrected chi connectivity index (χ3v) is 5.72. The minimum atomic E-state index is -0.0776. The number of aliphatic hydroxyl groups excluding tert-OH is 1. The molecule has 5 nitrogen and oxygen atoms in total. The molecule has 2 saturated heterocycles. The Morgan fingerprint density at radius 1 is 1.24 bits per heavy atom. The summed E-state index contributed by atoms with van der Waals surface area (Å²) in [4.78, 5) is 9.87. The molecule has 0 aromatic heterocycles. The molecular weight excluding hydrogens is 312 g/mol. The fourth-order valence-electron chi connectivity index (χ4n) is 4.35. The van der Waals surface area contributed by atoms with Gasteiger partial charge in [-0.3, -0.25) is 4.99 Å². The van der Waals surface area contributed by atoms with Crippen LogP contribution in [0.5, 0.6) is 0 Å². The van der Waals surface area contributed by atoms with Crippen molar-refractivity contribution in [1.29, 1.82) is 0 Å². The zero-order valence-corrected chi connectivity index (χ0v) is 16.8. The Morgan fingerprint density at radius 3 is 2.68 bits per heavy atom. The van der Waals surface area contributed by atoms with Gasteiger partial charge in [0.05, 0.1) is 6.10 Å². The van der Waals surface area contributed by atoms with Crippen LogP contribution in [0, 0.1) is 5.41 Å². The quantitative estimate of drug-likeness (QED) is 0.420. The molecule has 0 aromatic rings. The summed E-state index contributed by atoms with van der Waals surface area (Å²) in [5, 5.41) is 13.1. The van der Waals surface area contributed by atoms with Crippen LogP contribution < -0.4 is 5.32 Å². The summed E-state index contributed by atoms with van der Waals surface area (Å²) >= 11 is 0. The molecule has 2 aliphatic rings. The largest absolute Gasteiger partial charge is 0.393 e. The maximum atomic E-state index is 9.59. The van der Waals surface area contributed by atoms with Crippen LogP contribution >= 0.6 is 0 Å². The number of nitrogens with zero attached hydrogens (tertiary/aromatic N) is 3. The van der Waals surface area contributed by atoms with Crippen LogP contribution in [-0.2, 0) is 0 Å². The van der Waals surface area contributed by atoms with Crippen LogP contribution in [0.1, 0.15) is 65.7 Å². The fourth-order valence-corrected chi connectivity index (χ4v) is 4.35. The predicted molar refractivity (Wildman–Crippen MR) is 106 cm³/mol. The van der Waals surface area contributed by atoms with Crippen molar-refractivity contribution in [3.63, 3.8) is 0 Å². The van der Waals surface area contributed by atoms with E-state index in [1.165, 1.54) is 25.7 Å². The van der Waals surface area contributed by atoms with Crippen molar-refractivity contribution in [1.82, 2.24) is 15.1 Å². The van der Waals surface area contributed by atoms with Gasteiger partial charge in [0.25, 0.3) is 0 Å². The van der Waals surface area contributed by atoms with Crippen molar-refractivity contribution in [2.45, 2.75) is 71.8 Å². The number of guanidine groups is 1. The Bertz CT molecular complexity index is 403. The number of piperidine rings is 2. The van der Waals surface area contributed by atoms with Gasteiger partial charge >= 0.3 is 0 Å². The van der Waals surface area contributed by atoms with Crippen LogP contribution in [0.25, 0.3) is 0 Å². The van der Waals surface area contributed by atoms with Gasteiger partial charge in [0.1, 0.15) is 0 Å². The second-order valence-electron chi connectivity index (χ2n) is 8.25. The van der Waals surface area contributed by atoms with Gasteiger partial charge in [-0.05, 0) is 57.4 Å². The summed E-state index contributed by atoms with van der Waals surface area (Å²) in [6.07, 6.45) is 8.07. The first-order chi connectivity index (χ1) is 12.1. The number of rotatable bonds is 7. The van der Waals surface area contributed by atoms with Crippen LogP contribution in [0.2, 0.25) is 0 Å². The maximum absolute atomic E-state index is 9.59. The van der Waals surface area contributed by atoms with E-state index in [1.54, 1.807) is 0 Å². The molecule has 2 heterocycles. The van der Waals surface area contributed by atoms with E-state index in [4.69, 9.17) is 4.99 Å². The van der Waals surface area contributed by atoms with Crippen molar-refractivity contribution in [2.75, 3.05) is 45.8 Å². The Kier molecular flexibility index (Phi) is 8.50. The van der Waals surface area contributed by atoms with Crippen LogP contribution in [-0.4, -0.2) is 72.8 Å². The molecule has 2 aliphatic heterocycles. The molecule has 1 unspecified atom stereocenters. The van der Waals surface area contributed by atoms with Crippen molar-refractivity contribution in [3.8, 4) is 0 Å². The number of aliphatic imine (C=N–C) groups is 1. The van der Waals surface area contributed by atoms with E-state index in [0.29, 0.717) is 5.41 Å². The average molecular weight is 353 g/mol. The van der Waals surface area contributed by atoms with Gasteiger partial charge in [-0.25, -0.2) is 0 Å².